The molecule has 0 heterocycles. The number of allylic oxidation sites excluding steroid dienone is 4. The van der Waals surface area contributed by atoms with Crippen LogP contribution < -0.4 is 0 Å². The van der Waals surface area contributed by atoms with Crippen LogP contribution in [0.2, 0.25) is 0 Å². The van der Waals surface area contributed by atoms with Crippen molar-refractivity contribution in [1.29, 1.82) is 0 Å². The Morgan fingerprint density at radius 1 is 0.415 bits per heavy atom. The molecule has 0 bridgehead atoms. The molecule has 41 heavy (non-hydrogen) atoms. The fourth-order valence-corrected chi connectivity index (χ4v) is 6.83. The number of thiol groups is 1. The zero-order valence-electron chi connectivity index (χ0n) is 27.6. The highest BCUT2D eigenvalue weighted by molar-refractivity contribution is 8.60. The van der Waals surface area contributed by atoms with E-state index in [2.05, 4.69) is 50.4 Å². The Hall–Kier alpha value is 0.400. The van der Waals surface area contributed by atoms with Crippen molar-refractivity contribution >= 4 is 29.7 Å². The number of unbranched alkanes of at least 4 members (excludes halogenated alkanes) is 24. The van der Waals surface area contributed by atoms with Gasteiger partial charge in [-0.3, -0.25) is 0 Å². The normalized spacial score (nSPS) is 13.5. The predicted octanol–water partition coefficient (Wildman–Crippen LogP) is 14.2. The summed E-state index contributed by atoms with van der Waals surface area (Å²) in [5.41, 5.74) is -2.36. The van der Waals surface area contributed by atoms with Crippen LogP contribution >= 0.6 is 17.9 Å². The van der Waals surface area contributed by atoms with Crippen molar-refractivity contribution < 1.29 is 9.05 Å². The zero-order chi connectivity index (χ0) is 30.0. The predicted molar refractivity (Wildman–Crippen MR) is 194 cm³/mol. The lowest BCUT2D eigenvalue weighted by Gasteiger charge is -2.16. The molecule has 0 aliphatic heterocycles. The lowest BCUT2D eigenvalue weighted by Crippen LogP contribution is -1.96. The van der Waals surface area contributed by atoms with Gasteiger partial charge >= 0.3 is 0 Å². The van der Waals surface area contributed by atoms with Crippen LogP contribution in [-0.2, 0) is 20.9 Å². The van der Waals surface area contributed by atoms with Gasteiger partial charge in [0, 0.05) is 0 Å². The molecule has 0 saturated heterocycles. The highest BCUT2D eigenvalue weighted by atomic mass is 32.9. The first-order valence-electron chi connectivity index (χ1n) is 18.0. The number of hydrogen-bond acceptors (Lipinski definition) is 3. The summed E-state index contributed by atoms with van der Waals surface area (Å²) >= 11 is 10.00. The fraction of sp³-hybridized carbons (Fsp3) is 0.889. The van der Waals surface area contributed by atoms with Crippen LogP contribution in [0, 0.1) is 0 Å². The Bertz CT molecular complexity index is 560. The van der Waals surface area contributed by atoms with Gasteiger partial charge in [0.2, 0.25) is 5.69 Å². The van der Waals surface area contributed by atoms with Crippen LogP contribution in [0.1, 0.15) is 194 Å². The van der Waals surface area contributed by atoms with Crippen LogP contribution in [0.4, 0.5) is 0 Å². The topological polar surface area (TPSA) is 18.5 Å². The zero-order valence-corrected chi connectivity index (χ0v) is 30.2. The van der Waals surface area contributed by atoms with E-state index in [1.165, 1.54) is 167 Å². The molecule has 0 spiro atoms. The molecule has 0 atom stereocenters. The summed E-state index contributed by atoms with van der Waals surface area (Å²) in [6.07, 6.45) is 46.5. The Kier molecular flexibility index (Phi) is 35.2. The third-order valence-electron chi connectivity index (χ3n) is 7.82. The molecule has 0 amide bonds. The summed E-state index contributed by atoms with van der Waals surface area (Å²) in [6.45, 7) is 5.94. The van der Waals surface area contributed by atoms with Crippen LogP contribution in [0.5, 0.6) is 0 Å². The van der Waals surface area contributed by atoms with E-state index in [0.717, 1.165) is 12.8 Å². The van der Waals surface area contributed by atoms with E-state index in [0.29, 0.717) is 13.2 Å². The SMILES string of the molecule is CCCCCCCCC=CCCCCCCCCOP(=S)(S)OCCCCCCCCC=CCCCCCCCC. The van der Waals surface area contributed by atoms with Crippen LogP contribution in [0.15, 0.2) is 24.3 Å². The molecule has 0 aromatic carbocycles. The van der Waals surface area contributed by atoms with Gasteiger partial charge in [-0.15, -0.1) is 0 Å². The van der Waals surface area contributed by atoms with E-state index in [9.17, 15) is 0 Å². The second-order valence-electron chi connectivity index (χ2n) is 12.0. The van der Waals surface area contributed by atoms with Gasteiger partial charge in [0.1, 0.15) is 0 Å². The van der Waals surface area contributed by atoms with Gasteiger partial charge in [0.05, 0.1) is 13.2 Å². The van der Waals surface area contributed by atoms with Gasteiger partial charge in [0.15, 0.2) is 0 Å². The molecule has 0 fully saturated rings. The smallest absolute Gasteiger partial charge is 0.244 e. The van der Waals surface area contributed by atoms with Gasteiger partial charge in [-0.05, 0) is 76.0 Å². The summed E-state index contributed by atoms with van der Waals surface area (Å²) in [5.74, 6) is 0. The molecule has 0 saturated carbocycles. The molecule has 0 aliphatic carbocycles. The molecule has 5 heteroatoms. The molecular weight excluding hydrogens is 560 g/mol. The molecule has 0 unspecified atom stereocenters. The lowest BCUT2D eigenvalue weighted by molar-refractivity contribution is 0.250. The molecule has 2 nitrogen and oxygen atoms in total. The maximum atomic E-state index is 5.83. The van der Waals surface area contributed by atoms with Crippen molar-refractivity contribution in [3.8, 4) is 0 Å². The minimum Gasteiger partial charge on any atom is -0.322 e. The number of rotatable bonds is 34. The molecule has 0 radical (unpaired) electrons. The largest absolute Gasteiger partial charge is 0.322 e. The molecule has 244 valence electrons. The fourth-order valence-electron chi connectivity index (χ4n) is 5.10. The molecular formula is C36H71O2PS2. The third-order valence-corrected chi connectivity index (χ3v) is 10.2. The van der Waals surface area contributed by atoms with E-state index >= 15 is 0 Å². The van der Waals surface area contributed by atoms with E-state index in [-0.39, 0.29) is 0 Å². The van der Waals surface area contributed by atoms with Gasteiger partial charge in [-0.2, -0.15) is 0 Å². The standard InChI is InChI=1S/C36H71O2PS2/c1-3-5-7-9-11-13-15-17-19-21-23-25-27-29-31-33-35-37-39(40,41)38-36-34-32-30-28-26-24-22-20-18-16-14-12-10-8-6-4-2/h17-20H,3-16,21-36H2,1-2H3,(H,40,41). The van der Waals surface area contributed by atoms with E-state index < -0.39 is 5.69 Å². The van der Waals surface area contributed by atoms with Crippen LogP contribution in [0.3, 0.4) is 0 Å². The summed E-state index contributed by atoms with van der Waals surface area (Å²) in [4.78, 5) is 0. The van der Waals surface area contributed by atoms with Gasteiger partial charge in [-0.1, -0.05) is 166 Å². The summed E-state index contributed by atoms with van der Waals surface area (Å²) < 4.78 is 11.7. The molecule has 0 aromatic rings. The van der Waals surface area contributed by atoms with Crippen molar-refractivity contribution in [1.82, 2.24) is 0 Å². The molecule has 0 aromatic heterocycles. The highest BCUT2D eigenvalue weighted by Gasteiger charge is 2.12. The van der Waals surface area contributed by atoms with Crippen molar-refractivity contribution in [2.75, 3.05) is 13.2 Å². The third kappa shape index (κ3) is 36.5. The second kappa shape index (κ2) is 34.9. The van der Waals surface area contributed by atoms with Gasteiger partial charge < -0.3 is 9.05 Å². The first-order valence-corrected chi connectivity index (χ1v) is 21.8. The first kappa shape index (κ1) is 41.4. The van der Waals surface area contributed by atoms with E-state index in [1.807, 2.05) is 0 Å². The highest BCUT2D eigenvalue weighted by Crippen LogP contribution is 2.53. The van der Waals surface area contributed by atoms with Crippen LogP contribution in [-0.4, -0.2) is 13.2 Å². The maximum absolute atomic E-state index is 5.83. The van der Waals surface area contributed by atoms with Crippen molar-refractivity contribution in [3.05, 3.63) is 24.3 Å². The quantitative estimate of drug-likeness (QED) is 0.0330. The Balaban J connectivity index is 3.35. The van der Waals surface area contributed by atoms with E-state index in [1.54, 1.807) is 0 Å². The van der Waals surface area contributed by atoms with Gasteiger partial charge in [0.25, 0.3) is 0 Å². The van der Waals surface area contributed by atoms with Crippen LogP contribution in [0.25, 0.3) is 0 Å². The average molecular weight is 631 g/mol. The Morgan fingerprint density at radius 2 is 0.659 bits per heavy atom. The van der Waals surface area contributed by atoms with E-state index in [4.69, 9.17) is 20.9 Å². The maximum Gasteiger partial charge on any atom is 0.244 e. The Morgan fingerprint density at radius 3 is 0.951 bits per heavy atom. The lowest BCUT2D eigenvalue weighted by atomic mass is 10.1. The molecule has 0 rings (SSSR count). The van der Waals surface area contributed by atoms with Crippen molar-refractivity contribution in [2.45, 2.75) is 194 Å². The summed E-state index contributed by atoms with van der Waals surface area (Å²) in [5, 5.41) is 0. The average Bonchev–Trinajstić information content (AvgIpc) is 2.96. The minimum absolute atomic E-state index is 0.690. The van der Waals surface area contributed by atoms with Crippen molar-refractivity contribution in [2.24, 2.45) is 0 Å². The molecule has 0 N–H and O–H groups in total. The van der Waals surface area contributed by atoms with Crippen molar-refractivity contribution in [3.63, 3.8) is 0 Å². The first-order chi connectivity index (χ1) is 20.1. The summed E-state index contributed by atoms with van der Waals surface area (Å²) in [6, 6.07) is 0. The minimum atomic E-state index is -2.36. The second-order valence-corrected chi connectivity index (χ2v) is 17.3. The van der Waals surface area contributed by atoms with Gasteiger partial charge in [-0.25, -0.2) is 0 Å². The molecule has 0 aliphatic rings. The number of hydrogen-bond donors (Lipinski definition) is 1. The Labute approximate surface area is 269 Å². The monoisotopic (exact) mass is 630 g/mol. The summed E-state index contributed by atoms with van der Waals surface area (Å²) in [7, 11) is 0.